The van der Waals surface area contributed by atoms with Crippen LogP contribution in [0.15, 0.2) is 12.5 Å². The van der Waals surface area contributed by atoms with Gasteiger partial charge in [-0.1, -0.05) is 13.8 Å². The van der Waals surface area contributed by atoms with Crippen LogP contribution < -0.4 is 5.32 Å². The smallest absolute Gasteiger partial charge is 0.0951 e. The predicted molar refractivity (Wildman–Crippen MR) is 72.5 cm³/mol. The summed E-state index contributed by atoms with van der Waals surface area (Å²) in [6.07, 6.45) is 5.32. The van der Waals surface area contributed by atoms with Gasteiger partial charge in [-0.2, -0.15) is 0 Å². The summed E-state index contributed by atoms with van der Waals surface area (Å²) in [5.74, 6) is 0. The molecule has 2 unspecified atom stereocenters. The van der Waals surface area contributed by atoms with Gasteiger partial charge in [-0.05, 0) is 27.3 Å². The van der Waals surface area contributed by atoms with Gasteiger partial charge in [-0.3, -0.25) is 0 Å². The quantitative estimate of drug-likeness (QED) is 0.892. The third-order valence-corrected chi connectivity index (χ3v) is 4.68. The van der Waals surface area contributed by atoms with Crippen molar-refractivity contribution in [2.24, 2.45) is 5.41 Å². The summed E-state index contributed by atoms with van der Waals surface area (Å²) in [6, 6.07) is 0.465. The fourth-order valence-corrected chi connectivity index (χ4v) is 2.90. The van der Waals surface area contributed by atoms with Crippen molar-refractivity contribution in [1.82, 2.24) is 14.9 Å². The maximum Gasteiger partial charge on any atom is 0.0951 e. The molecule has 0 aliphatic heterocycles. The van der Waals surface area contributed by atoms with E-state index in [1.54, 1.807) is 7.11 Å². The van der Waals surface area contributed by atoms with E-state index in [1.165, 1.54) is 5.69 Å². The zero-order valence-corrected chi connectivity index (χ0v) is 12.3. The summed E-state index contributed by atoms with van der Waals surface area (Å²) in [7, 11) is 3.79. The minimum Gasteiger partial charge on any atom is -0.381 e. The van der Waals surface area contributed by atoms with Crippen LogP contribution in [0.3, 0.4) is 0 Å². The fraction of sp³-hybridized carbons (Fsp3) is 0.786. The molecule has 0 amide bonds. The van der Waals surface area contributed by atoms with E-state index in [-0.39, 0.29) is 11.0 Å². The van der Waals surface area contributed by atoms with Gasteiger partial charge in [0.15, 0.2) is 0 Å². The molecule has 0 bridgehead atoms. The van der Waals surface area contributed by atoms with Crippen molar-refractivity contribution in [3.05, 3.63) is 18.2 Å². The normalized spacial score (nSPS) is 27.0. The Hall–Kier alpha value is -0.870. The molecule has 1 N–H and O–H groups in total. The predicted octanol–water partition coefficient (Wildman–Crippen LogP) is 2.32. The topological polar surface area (TPSA) is 39.1 Å². The Morgan fingerprint density at radius 3 is 2.67 bits per heavy atom. The molecule has 4 nitrogen and oxygen atoms in total. The van der Waals surface area contributed by atoms with Crippen molar-refractivity contribution in [3.63, 3.8) is 0 Å². The lowest BCUT2D eigenvalue weighted by atomic mass is 9.64. The molecular formula is C14H25N3O. The van der Waals surface area contributed by atoms with Crippen molar-refractivity contribution in [2.45, 2.75) is 51.8 Å². The maximum absolute atomic E-state index is 5.53. The van der Waals surface area contributed by atoms with Gasteiger partial charge >= 0.3 is 0 Å². The van der Waals surface area contributed by atoms with Crippen molar-refractivity contribution in [1.29, 1.82) is 0 Å². The third-order valence-electron chi connectivity index (χ3n) is 4.68. The molecule has 4 heteroatoms. The van der Waals surface area contributed by atoms with Crippen LogP contribution in [0, 0.1) is 5.41 Å². The number of hydrogen-bond donors (Lipinski definition) is 1. The van der Waals surface area contributed by atoms with Crippen LogP contribution in [0.25, 0.3) is 0 Å². The largest absolute Gasteiger partial charge is 0.381 e. The summed E-state index contributed by atoms with van der Waals surface area (Å²) >= 11 is 0. The van der Waals surface area contributed by atoms with Crippen molar-refractivity contribution in [3.8, 4) is 0 Å². The van der Waals surface area contributed by atoms with Gasteiger partial charge in [0.1, 0.15) is 0 Å². The molecule has 1 aromatic heterocycles. The number of nitrogens with one attached hydrogen (secondary N) is 1. The number of methoxy groups -OCH3 is 1. The Labute approximate surface area is 110 Å². The molecule has 1 heterocycles. The van der Waals surface area contributed by atoms with Crippen LogP contribution in [0.2, 0.25) is 0 Å². The first kappa shape index (κ1) is 13.6. The molecule has 0 radical (unpaired) electrons. The summed E-state index contributed by atoms with van der Waals surface area (Å²) < 4.78 is 7.84. The molecule has 1 aliphatic rings. The molecule has 1 aliphatic carbocycles. The first-order valence-electron chi connectivity index (χ1n) is 6.58. The summed E-state index contributed by atoms with van der Waals surface area (Å²) in [4.78, 5) is 4.34. The first-order chi connectivity index (χ1) is 8.34. The van der Waals surface area contributed by atoms with Crippen LogP contribution in [0.4, 0.5) is 0 Å². The SMILES string of the molecule is CNC(C)(C)c1cncn1C1CC(OC)C1(C)C. The highest BCUT2D eigenvalue weighted by atomic mass is 16.5. The van der Waals surface area contributed by atoms with Crippen LogP contribution >= 0.6 is 0 Å². The lowest BCUT2D eigenvalue weighted by Crippen LogP contribution is -2.52. The fourth-order valence-electron chi connectivity index (χ4n) is 2.90. The average Bonchev–Trinajstić information content (AvgIpc) is 2.77. The van der Waals surface area contributed by atoms with E-state index in [0.717, 1.165) is 6.42 Å². The lowest BCUT2D eigenvalue weighted by Gasteiger charge is -2.52. The van der Waals surface area contributed by atoms with Gasteiger partial charge in [-0.25, -0.2) is 4.98 Å². The van der Waals surface area contributed by atoms with Crippen molar-refractivity contribution in [2.75, 3.05) is 14.2 Å². The van der Waals surface area contributed by atoms with Crippen LogP contribution in [-0.2, 0) is 10.3 Å². The molecule has 1 saturated carbocycles. The molecular weight excluding hydrogens is 226 g/mol. The lowest BCUT2D eigenvalue weighted by molar-refractivity contribution is -0.114. The maximum atomic E-state index is 5.53. The highest BCUT2D eigenvalue weighted by Crippen LogP contribution is 2.51. The monoisotopic (exact) mass is 251 g/mol. The molecule has 102 valence electrons. The number of imidazole rings is 1. The number of ether oxygens (including phenoxy) is 1. The number of nitrogens with zero attached hydrogens (tertiary/aromatic N) is 2. The average molecular weight is 251 g/mol. The number of aromatic nitrogens is 2. The zero-order chi connectivity index (χ0) is 13.6. The number of rotatable bonds is 4. The van der Waals surface area contributed by atoms with Gasteiger partial charge in [0.2, 0.25) is 0 Å². The van der Waals surface area contributed by atoms with E-state index in [0.29, 0.717) is 12.1 Å². The van der Waals surface area contributed by atoms with E-state index in [4.69, 9.17) is 4.74 Å². The summed E-state index contributed by atoms with van der Waals surface area (Å²) in [6.45, 7) is 8.90. The van der Waals surface area contributed by atoms with E-state index >= 15 is 0 Å². The standard InChI is InChI=1S/C14H25N3O/c1-13(2)10(7-12(13)18-6)17-9-16-8-11(17)14(3,4)15-5/h8-10,12,15H,7H2,1-6H3. The number of hydrogen-bond acceptors (Lipinski definition) is 3. The van der Waals surface area contributed by atoms with E-state index in [9.17, 15) is 0 Å². The Bertz CT molecular complexity index is 422. The molecule has 0 aromatic carbocycles. The van der Waals surface area contributed by atoms with Gasteiger partial charge in [0, 0.05) is 18.6 Å². The second-order valence-electron chi connectivity index (χ2n) is 6.36. The molecule has 2 rings (SSSR count). The van der Waals surface area contributed by atoms with Crippen molar-refractivity contribution >= 4 is 0 Å². The second kappa shape index (κ2) is 4.35. The van der Waals surface area contributed by atoms with Gasteiger partial charge in [0.05, 0.1) is 29.9 Å². The van der Waals surface area contributed by atoms with Gasteiger partial charge < -0.3 is 14.6 Å². The minimum atomic E-state index is -0.0647. The van der Waals surface area contributed by atoms with Gasteiger partial charge in [0.25, 0.3) is 0 Å². The van der Waals surface area contributed by atoms with Crippen LogP contribution in [-0.4, -0.2) is 29.8 Å². The summed E-state index contributed by atoms with van der Waals surface area (Å²) in [5.41, 5.74) is 1.33. The summed E-state index contributed by atoms with van der Waals surface area (Å²) in [5, 5.41) is 3.35. The highest BCUT2D eigenvalue weighted by molar-refractivity contribution is 5.16. The van der Waals surface area contributed by atoms with Crippen molar-refractivity contribution < 1.29 is 4.74 Å². The first-order valence-corrected chi connectivity index (χ1v) is 6.58. The van der Waals surface area contributed by atoms with Crippen LogP contribution in [0.5, 0.6) is 0 Å². The zero-order valence-electron chi connectivity index (χ0n) is 12.3. The van der Waals surface area contributed by atoms with Gasteiger partial charge in [-0.15, -0.1) is 0 Å². The molecule has 2 atom stereocenters. The molecule has 1 aromatic rings. The molecule has 0 spiro atoms. The van der Waals surface area contributed by atoms with E-state index < -0.39 is 0 Å². The second-order valence-corrected chi connectivity index (χ2v) is 6.36. The molecule has 1 fully saturated rings. The molecule has 18 heavy (non-hydrogen) atoms. The van der Waals surface area contributed by atoms with E-state index in [2.05, 4.69) is 42.6 Å². The van der Waals surface area contributed by atoms with Crippen LogP contribution in [0.1, 0.15) is 45.9 Å². The Kier molecular flexibility index (Phi) is 3.28. The van der Waals surface area contributed by atoms with E-state index in [1.807, 2.05) is 19.6 Å². The Balaban J connectivity index is 2.30. The molecule has 0 saturated heterocycles. The minimum absolute atomic E-state index is 0.0647. The third kappa shape index (κ3) is 1.88. The highest BCUT2D eigenvalue weighted by Gasteiger charge is 2.50. The Morgan fingerprint density at radius 2 is 2.17 bits per heavy atom. The Morgan fingerprint density at radius 1 is 1.50 bits per heavy atom.